The normalized spacial score (nSPS) is 10.6. The summed E-state index contributed by atoms with van der Waals surface area (Å²) in [6.45, 7) is 0. The number of methoxy groups -OCH3 is 1. The number of thiophene rings is 1. The van der Waals surface area contributed by atoms with Crippen molar-refractivity contribution in [3.63, 3.8) is 0 Å². The molecule has 0 saturated carbocycles. The van der Waals surface area contributed by atoms with E-state index in [-0.39, 0.29) is 10.8 Å². The summed E-state index contributed by atoms with van der Waals surface area (Å²) in [5, 5.41) is 12.6. The largest absolute Gasteiger partial charge is 0.506 e. The van der Waals surface area contributed by atoms with Gasteiger partial charge in [0.25, 0.3) is 0 Å². The topological polar surface area (TPSA) is 29.5 Å². The molecule has 0 bridgehead atoms. The highest BCUT2D eigenvalue weighted by Crippen LogP contribution is 2.41. The van der Waals surface area contributed by atoms with Gasteiger partial charge >= 0.3 is 0 Å². The summed E-state index contributed by atoms with van der Waals surface area (Å²) < 4.78 is 5.99. The minimum atomic E-state index is 0.0947. The summed E-state index contributed by atoms with van der Waals surface area (Å²) in [7, 11) is 1.53. The van der Waals surface area contributed by atoms with E-state index in [1.165, 1.54) is 7.11 Å². The van der Waals surface area contributed by atoms with Gasteiger partial charge in [-0.1, -0.05) is 11.6 Å². The number of phenolic OH excluding ortho intramolecular Hbond substituents is 1. The smallest absolute Gasteiger partial charge is 0.146 e. The van der Waals surface area contributed by atoms with Crippen molar-refractivity contribution < 1.29 is 9.84 Å². The first-order valence-electron chi connectivity index (χ1n) is 3.66. The summed E-state index contributed by atoms with van der Waals surface area (Å²) in [6.07, 6.45) is 0. The number of hydrogen-bond acceptors (Lipinski definition) is 3. The van der Waals surface area contributed by atoms with E-state index in [1.807, 2.05) is 17.5 Å². The van der Waals surface area contributed by atoms with Crippen molar-refractivity contribution in [2.75, 3.05) is 7.11 Å². The van der Waals surface area contributed by atoms with Crippen LogP contribution in [0.25, 0.3) is 10.1 Å². The molecule has 1 aromatic heterocycles. The van der Waals surface area contributed by atoms with Gasteiger partial charge in [-0.2, -0.15) is 0 Å². The third kappa shape index (κ3) is 1.24. The molecule has 2 aromatic rings. The van der Waals surface area contributed by atoms with E-state index < -0.39 is 0 Å². The van der Waals surface area contributed by atoms with Crippen LogP contribution in [0.3, 0.4) is 0 Å². The first-order chi connectivity index (χ1) is 6.24. The van der Waals surface area contributed by atoms with Gasteiger partial charge in [-0.15, -0.1) is 11.3 Å². The SMILES string of the molecule is COc1cc2sccc2c(O)c1Cl. The molecule has 0 aliphatic heterocycles. The van der Waals surface area contributed by atoms with Gasteiger partial charge in [-0.05, 0) is 17.5 Å². The Balaban J connectivity index is 2.83. The summed E-state index contributed by atoms with van der Waals surface area (Å²) in [5.74, 6) is 0.603. The van der Waals surface area contributed by atoms with Crippen LogP contribution in [0.5, 0.6) is 11.5 Å². The summed E-state index contributed by atoms with van der Waals surface area (Å²) in [4.78, 5) is 0. The molecular weight excluding hydrogens is 208 g/mol. The molecule has 1 N–H and O–H groups in total. The van der Waals surface area contributed by atoms with Gasteiger partial charge in [0.15, 0.2) is 0 Å². The second-order valence-electron chi connectivity index (χ2n) is 2.57. The maximum absolute atomic E-state index is 9.65. The highest BCUT2D eigenvalue weighted by atomic mass is 35.5. The van der Waals surface area contributed by atoms with Gasteiger partial charge in [0, 0.05) is 10.1 Å². The molecular formula is C9H7ClO2S. The maximum Gasteiger partial charge on any atom is 0.146 e. The number of hydrogen-bond donors (Lipinski definition) is 1. The van der Waals surface area contributed by atoms with Crippen LogP contribution in [-0.4, -0.2) is 12.2 Å². The van der Waals surface area contributed by atoms with Crippen molar-refractivity contribution in [1.82, 2.24) is 0 Å². The van der Waals surface area contributed by atoms with E-state index in [9.17, 15) is 5.11 Å². The molecule has 0 saturated heterocycles. The van der Waals surface area contributed by atoms with Crippen LogP contribution >= 0.6 is 22.9 Å². The van der Waals surface area contributed by atoms with Crippen molar-refractivity contribution in [1.29, 1.82) is 0 Å². The van der Waals surface area contributed by atoms with Crippen LogP contribution in [0.4, 0.5) is 0 Å². The van der Waals surface area contributed by atoms with E-state index >= 15 is 0 Å². The van der Waals surface area contributed by atoms with E-state index in [4.69, 9.17) is 16.3 Å². The molecule has 2 rings (SSSR count). The zero-order valence-electron chi connectivity index (χ0n) is 6.87. The molecule has 0 radical (unpaired) electrons. The van der Waals surface area contributed by atoms with E-state index in [0.717, 1.165) is 10.1 Å². The highest BCUT2D eigenvalue weighted by Gasteiger charge is 2.11. The average molecular weight is 215 g/mol. The molecule has 0 atom stereocenters. The van der Waals surface area contributed by atoms with E-state index in [0.29, 0.717) is 5.75 Å². The fourth-order valence-corrected chi connectivity index (χ4v) is 2.25. The number of benzene rings is 1. The molecule has 1 aromatic carbocycles. The Morgan fingerprint density at radius 3 is 3.00 bits per heavy atom. The molecule has 0 amide bonds. The number of aromatic hydroxyl groups is 1. The number of rotatable bonds is 1. The molecule has 0 aliphatic carbocycles. The average Bonchev–Trinajstić information content (AvgIpc) is 2.59. The zero-order valence-corrected chi connectivity index (χ0v) is 8.45. The van der Waals surface area contributed by atoms with Gasteiger partial charge in [0.2, 0.25) is 0 Å². The van der Waals surface area contributed by atoms with Crippen molar-refractivity contribution in [3.05, 3.63) is 22.5 Å². The monoisotopic (exact) mass is 214 g/mol. The van der Waals surface area contributed by atoms with Crippen LogP contribution in [0, 0.1) is 0 Å². The number of halogens is 1. The van der Waals surface area contributed by atoms with Crippen molar-refractivity contribution in [3.8, 4) is 11.5 Å². The van der Waals surface area contributed by atoms with Gasteiger partial charge in [-0.25, -0.2) is 0 Å². The lowest BCUT2D eigenvalue weighted by molar-refractivity contribution is 0.410. The van der Waals surface area contributed by atoms with Crippen molar-refractivity contribution in [2.45, 2.75) is 0 Å². The van der Waals surface area contributed by atoms with Crippen LogP contribution in [0.1, 0.15) is 0 Å². The van der Waals surface area contributed by atoms with Crippen LogP contribution in [-0.2, 0) is 0 Å². The molecule has 1 heterocycles. The minimum Gasteiger partial charge on any atom is -0.506 e. The molecule has 2 nitrogen and oxygen atoms in total. The zero-order chi connectivity index (χ0) is 9.42. The van der Waals surface area contributed by atoms with E-state index in [2.05, 4.69) is 0 Å². The fraction of sp³-hybridized carbons (Fsp3) is 0.111. The molecule has 0 aliphatic rings. The predicted octanol–water partition coefficient (Wildman–Crippen LogP) is 3.27. The van der Waals surface area contributed by atoms with Crippen LogP contribution in [0.15, 0.2) is 17.5 Å². The standard InChI is InChI=1S/C9H7ClO2S/c1-12-6-4-7-5(2-3-13-7)9(11)8(6)10/h2-4,11H,1H3. The number of fused-ring (bicyclic) bond motifs is 1. The van der Waals surface area contributed by atoms with Crippen LogP contribution in [0.2, 0.25) is 5.02 Å². The maximum atomic E-state index is 9.65. The lowest BCUT2D eigenvalue weighted by Crippen LogP contribution is -1.83. The number of ether oxygens (including phenoxy) is 1. The minimum absolute atomic E-state index is 0.0947. The Hall–Kier alpha value is -0.930. The van der Waals surface area contributed by atoms with Gasteiger partial charge in [0.1, 0.15) is 16.5 Å². The molecule has 68 valence electrons. The summed E-state index contributed by atoms with van der Waals surface area (Å²) >= 11 is 7.40. The Morgan fingerprint density at radius 1 is 1.54 bits per heavy atom. The molecule has 0 unspecified atom stereocenters. The fourth-order valence-electron chi connectivity index (χ4n) is 1.19. The van der Waals surface area contributed by atoms with Gasteiger partial charge < -0.3 is 9.84 Å². The summed E-state index contributed by atoms with van der Waals surface area (Å²) in [6, 6.07) is 3.66. The molecule has 4 heteroatoms. The predicted molar refractivity (Wildman–Crippen MR) is 55.1 cm³/mol. The highest BCUT2D eigenvalue weighted by molar-refractivity contribution is 7.17. The Morgan fingerprint density at radius 2 is 2.31 bits per heavy atom. The summed E-state index contributed by atoms with van der Waals surface area (Å²) in [5.41, 5.74) is 0. The first-order valence-corrected chi connectivity index (χ1v) is 4.92. The lowest BCUT2D eigenvalue weighted by atomic mass is 10.2. The third-order valence-corrected chi connectivity index (χ3v) is 3.09. The molecule has 0 fully saturated rings. The van der Waals surface area contributed by atoms with Crippen molar-refractivity contribution >= 4 is 33.0 Å². The Labute approximate surface area is 84.3 Å². The Bertz CT molecular complexity index is 450. The van der Waals surface area contributed by atoms with Gasteiger partial charge in [0.05, 0.1) is 7.11 Å². The number of phenols is 1. The Kier molecular flexibility index (Phi) is 2.06. The third-order valence-electron chi connectivity index (χ3n) is 1.86. The molecule has 13 heavy (non-hydrogen) atoms. The van der Waals surface area contributed by atoms with Crippen molar-refractivity contribution in [2.24, 2.45) is 0 Å². The van der Waals surface area contributed by atoms with E-state index in [1.54, 1.807) is 11.3 Å². The van der Waals surface area contributed by atoms with Crippen LogP contribution < -0.4 is 4.74 Å². The second kappa shape index (κ2) is 3.09. The quantitative estimate of drug-likeness (QED) is 0.790. The second-order valence-corrected chi connectivity index (χ2v) is 3.90. The molecule has 0 spiro atoms. The lowest BCUT2D eigenvalue weighted by Gasteiger charge is -2.05. The van der Waals surface area contributed by atoms with Gasteiger partial charge in [-0.3, -0.25) is 0 Å². The first kappa shape index (κ1) is 8.66.